The van der Waals surface area contributed by atoms with E-state index in [1.54, 1.807) is 6.20 Å². The molecule has 0 saturated heterocycles. The van der Waals surface area contributed by atoms with Gasteiger partial charge in [0.05, 0.1) is 18.0 Å². The molecule has 6 nitrogen and oxygen atoms in total. The van der Waals surface area contributed by atoms with Gasteiger partial charge in [0.1, 0.15) is 12.1 Å². The molecule has 2 rings (SSSR count). The molecule has 0 fully saturated rings. The highest BCUT2D eigenvalue weighted by molar-refractivity contribution is 5.44. The number of aromatic nitrogens is 4. The van der Waals surface area contributed by atoms with Crippen LogP contribution < -0.4 is 10.5 Å². The molecule has 2 aromatic rings. The average Bonchev–Trinajstić information content (AvgIpc) is 2.73. The summed E-state index contributed by atoms with van der Waals surface area (Å²) in [5, 5.41) is 4.17. The van der Waals surface area contributed by atoms with Gasteiger partial charge in [-0.05, 0) is 13.3 Å². The van der Waals surface area contributed by atoms with Crippen molar-refractivity contribution in [1.82, 2.24) is 19.7 Å². The zero-order chi connectivity index (χ0) is 12.3. The zero-order valence-corrected chi connectivity index (χ0v) is 9.92. The summed E-state index contributed by atoms with van der Waals surface area (Å²) in [6.45, 7) is 4.78. The first kappa shape index (κ1) is 11.4. The third-order valence-electron chi connectivity index (χ3n) is 2.35. The molecule has 0 atom stereocenters. The number of ether oxygens (including phenoxy) is 1. The number of nitrogens with zero attached hydrogens (tertiary/aromatic N) is 4. The van der Waals surface area contributed by atoms with Gasteiger partial charge in [-0.15, -0.1) is 0 Å². The van der Waals surface area contributed by atoms with Gasteiger partial charge in [0.25, 0.3) is 0 Å². The maximum absolute atomic E-state index is 5.68. The molecule has 0 amide bonds. The highest BCUT2D eigenvalue weighted by Crippen LogP contribution is 2.23. The number of anilines is 1. The molecule has 0 aliphatic rings. The van der Waals surface area contributed by atoms with Crippen LogP contribution in [-0.4, -0.2) is 19.7 Å². The van der Waals surface area contributed by atoms with Crippen LogP contribution in [0.2, 0.25) is 0 Å². The monoisotopic (exact) mass is 233 g/mol. The van der Waals surface area contributed by atoms with Gasteiger partial charge < -0.3 is 10.5 Å². The molecule has 0 radical (unpaired) electrons. The zero-order valence-electron chi connectivity index (χ0n) is 9.92. The lowest BCUT2D eigenvalue weighted by Crippen LogP contribution is -1.98. The third-order valence-corrected chi connectivity index (χ3v) is 2.35. The van der Waals surface area contributed by atoms with E-state index in [1.807, 2.05) is 17.8 Å². The standard InChI is InChI=1S/C11H15N5O/c1-3-4-16-6-9(5-15-16)17-11-8(2)10(12)13-7-14-11/h5-7H,3-4H2,1-2H3,(H2,12,13,14). The number of aryl methyl sites for hydroxylation is 1. The Morgan fingerprint density at radius 2 is 2.24 bits per heavy atom. The molecule has 0 saturated carbocycles. The molecule has 17 heavy (non-hydrogen) atoms. The molecule has 2 heterocycles. The lowest BCUT2D eigenvalue weighted by Gasteiger charge is -2.05. The van der Waals surface area contributed by atoms with Crippen molar-refractivity contribution >= 4 is 5.82 Å². The van der Waals surface area contributed by atoms with Gasteiger partial charge in [0.15, 0.2) is 5.75 Å². The maximum atomic E-state index is 5.68. The number of nitrogen functional groups attached to an aromatic ring is 1. The van der Waals surface area contributed by atoms with E-state index in [-0.39, 0.29) is 0 Å². The van der Waals surface area contributed by atoms with Crippen molar-refractivity contribution in [3.63, 3.8) is 0 Å². The lowest BCUT2D eigenvalue weighted by molar-refractivity contribution is 0.456. The van der Waals surface area contributed by atoms with Crippen molar-refractivity contribution in [2.45, 2.75) is 26.8 Å². The summed E-state index contributed by atoms with van der Waals surface area (Å²) >= 11 is 0. The van der Waals surface area contributed by atoms with E-state index in [4.69, 9.17) is 10.5 Å². The van der Waals surface area contributed by atoms with Crippen LogP contribution in [0.3, 0.4) is 0 Å². The minimum Gasteiger partial charge on any atom is -0.435 e. The van der Waals surface area contributed by atoms with E-state index < -0.39 is 0 Å². The van der Waals surface area contributed by atoms with Crippen LogP contribution in [0.4, 0.5) is 5.82 Å². The summed E-state index contributed by atoms with van der Waals surface area (Å²) < 4.78 is 7.43. The highest BCUT2D eigenvalue weighted by Gasteiger charge is 2.07. The van der Waals surface area contributed by atoms with Gasteiger partial charge in [-0.1, -0.05) is 6.92 Å². The second kappa shape index (κ2) is 4.82. The first-order chi connectivity index (χ1) is 8.20. The van der Waals surface area contributed by atoms with Gasteiger partial charge in [-0.25, -0.2) is 9.97 Å². The minimum atomic E-state index is 0.427. The van der Waals surface area contributed by atoms with Crippen molar-refractivity contribution in [1.29, 1.82) is 0 Å². The molecule has 90 valence electrons. The number of hydrogen-bond donors (Lipinski definition) is 1. The summed E-state index contributed by atoms with van der Waals surface area (Å²) in [6.07, 6.45) is 5.91. The highest BCUT2D eigenvalue weighted by atomic mass is 16.5. The topological polar surface area (TPSA) is 78.8 Å². The molecule has 6 heteroatoms. The molecule has 2 aromatic heterocycles. The predicted molar refractivity (Wildman–Crippen MR) is 63.8 cm³/mol. The van der Waals surface area contributed by atoms with Crippen LogP contribution in [0, 0.1) is 6.92 Å². The first-order valence-corrected chi connectivity index (χ1v) is 5.48. The average molecular weight is 233 g/mol. The molecular weight excluding hydrogens is 218 g/mol. The van der Waals surface area contributed by atoms with Crippen LogP contribution in [-0.2, 0) is 6.54 Å². The van der Waals surface area contributed by atoms with Gasteiger partial charge in [-0.3, -0.25) is 4.68 Å². The summed E-state index contributed by atoms with van der Waals surface area (Å²) in [5.74, 6) is 1.55. The number of rotatable bonds is 4. The van der Waals surface area contributed by atoms with Crippen molar-refractivity contribution in [3.8, 4) is 11.6 Å². The maximum Gasteiger partial charge on any atom is 0.227 e. The Balaban J connectivity index is 2.16. The van der Waals surface area contributed by atoms with Crippen LogP contribution >= 0.6 is 0 Å². The van der Waals surface area contributed by atoms with Crippen molar-refractivity contribution in [2.75, 3.05) is 5.73 Å². The molecular formula is C11H15N5O. The van der Waals surface area contributed by atoms with E-state index in [0.717, 1.165) is 18.5 Å². The van der Waals surface area contributed by atoms with E-state index in [1.165, 1.54) is 6.33 Å². The molecule has 0 aromatic carbocycles. The van der Waals surface area contributed by atoms with Gasteiger partial charge in [0, 0.05) is 6.54 Å². The van der Waals surface area contributed by atoms with Gasteiger partial charge >= 0.3 is 0 Å². The van der Waals surface area contributed by atoms with Crippen molar-refractivity contribution < 1.29 is 4.74 Å². The molecule has 0 spiro atoms. The fraction of sp³-hybridized carbons (Fsp3) is 0.364. The normalized spacial score (nSPS) is 10.5. The van der Waals surface area contributed by atoms with Crippen LogP contribution in [0.15, 0.2) is 18.7 Å². The summed E-state index contributed by atoms with van der Waals surface area (Å²) in [7, 11) is 0. The second-order valence-corrected chi connectivity index (χ2v) is 3.73. The van der Waals surface area contributed by atoms with Gasteiger partial charge in [-0.2, -0.15) is 5.10 Å². The van der Waals surface area contributed by atoms with Crippen LogP contribution in [0.25, 0.3) is 0 Å². The van der Waals surface area contributed by atoms with E-state index in [2.05, 4.69) is 22.0 Å². The fourth-order valence-corrected chi connectivity index (χ4v) is 1.41. The van der Waals surface area contributed by atoms with Crippen molar-refractivity contribution in [3.05, 3.63) is 24.3 Å². The molecule has 2 N–H and O–H groups in total. The summed E-state index contributed by atoms with van der Waals surface area (Å²) in [5.41, 5.74) is 6.41. The Labute approximate surface area is 99.4 Å². The number of nitrogens with two attached hydrogens (primary N) is 1. The lowest BCUT2D eigenvalue weighted by atomic mass is 10.3. The molecule has 0 aliphatic heterocycles. The Kier molecular flexibility index (Phi) is 3.22. The molecule has 0 unspecified atom stereocenters. The van der Waals surface area contributed by atoms with E-state index in [0.29, 0.717) is 17.4 Å². The summed E-state index contributed by atoms with van der Waals surface area (Å²) in [6, 6.07) is 0. The number of hydrogen-bond acceptors (Lipinski definition) is 5. The van der Waals surface area contributed by atoms with E-state index in [9.17, 15) is 0 Å². The summed E-state index contributed by atoms with van der Waals surface area (Å²) in [4.78, 5) is 7.92. The van der Waals surface area contributed by atoms with Crippen LogP contribution in [0.5, 0.6) is 11.6 Å². The fourth-order valence-electron chi connectivity index (χ4n) is 1.41. The SMILES string of the molecule is CCCn1cc(Oc2ncnc(N)c2C)cn1. The first-order valence-electron chi connectivity index (χ1n) is 5.48. The third kappa shape index (κ3) is 2.52. The Morgan fingerprint density at radius 1 is 1.41 bits per heavy atom. The molecule has 0 bridgehead atoms. The second-order valence-electron chi connectivity index (χ2n) is 3.73. The van der Waals surface area contributed by atoms with Crippen LogP contribution in [0.1, 0.15) is 18.9 Å². The quantitative estimate of drug-likeness (QED) is 0.870. The van der Waals surface area contributed by atoms with Crippen molar-refractivity contribution in [2.24, 2.45) is 0 Å². The largest absolute Gasteiger partial charge is 0.435 e. The predicted octanol–water partition coefficient (Wildman–Crippen LogP) is 1.77. The Hall–Kier alpha value is -2.11. The smallest absolute Gasteiger partial charge is 0.227 e. The molecule has 0 aliphatic carbocycles. The Bertz CT molecular complexity index is 508. The minimum absolute atomic E-state index is 0.427. The van der Waals surface area contributed by atoms with E-state index >= 15 is 0 Å². The van der Waals surface area contributed by atoms with Gasteiger partial charge in [0.2, 0.25) is 5.88 Å². The Morgan fingerprint density at radius 3 is 3.00 bits per heavy atom.